The van der Waals surface area contributed by atoms with Crippen LogP contribution in [0.25, 0.3) is 0 Å². The molecule has 0 amide bonds. The number of hydrogen-bond donors (Lipinski definition) is 2. The van der Waals surface area contributed by atoms with Gasteiger partial charge in [0.1, 0.15) is 0 Å². The number of nitrogens with zero attached hydrogens (tertiary/aromatic N) is 1. The molecule has 0 aliphatic carbocycles. The van der Waals surface area contributed by atoms with E-state index in [1.807, 2.05) is 13.8 Å². The fraction of sp³-hybridized carbons (Fsp3) is 0.538. The van der Waals surface area contributed by atoms with Gasteiger partial charge < -0.3 is 10.4 Å². The maximum Gasteiger partial charge on any atom is 0.272 e. The second-order valence-electron chi connectivity index (χ2n) is 4.57. The molecule has 1 unspecified atom stereocenters. The quantitative estimate of drug-likeness (QED) is 0.585. The van der Waals surface area contributed by atoms with Crippen LogP contribution in [-0.4, -0.2) is 22.7 Å². The summed E-state index contributed by atoms with van der Waals surface area (Å²) in [5, 5.41) is 24.0. The predicted octanol–water partition coefficient (Wildman–Crippen LogP) is 4.11. The Bertz CT molecular complexity index is 456. The number of benzene rings is 1. The number of aliphatic hydroxyl groups excluding tert-OH is 1. The van der Waals surface area contributed by atoms with Crippen LogP contribution in [0.3, 0.4) is 0 Å². The van der Waals surface area contributed by atoms with Gasteiger partial charge in [-0.15, -0.1) is 0 Å². The topological polar surface area (TPSA) is 75.4 Å². The van der Waals surface area contributed by atoms with Crippen LogP contribution >= 0.6 is 23.2 Å². The van der Waals surface area contributed by atoms with Crippen LogP contribution in [0, 0.1) is 16.0 Å². The third-order valence-electron chi connectivity index (χ3n) is 3.32. The molecule has 1 aromatic rings. The fourth-order valence-corrected chi connectivity index (χ4v) is 2.65. The SMILES string of the molecule is CCC(CC)C(O)CNc1c(Cl)cc([N+](=O)[O-])cc1Cl. The molecule has 0 bridgehead atoms. The van der Waals surface area contributed by atoms with Gasteiger partial charge in [0.25, 0.3) is 5.69 Å². The summed E-state index contributed by atoms with van der Waals surface area (Å²) in [7, 11) is 0. The average Bonchev–Trinajstić information content (AvgIpc) is 2.38. The average molecular weight is 321 g/mol. The molecule has 20 heavy (non-hydrogen) atoms. The van der Waals surface area contributed by atoms with Gasteiger partial charge in [0, 0.05) is 18.7 Å². The molecule has 0 radical (unpaired) electrons. The number of halogens is 2. The number of non-ortho nitro benzene ring substituents is 1. The monoisotopic (exact) mass is 320 g/mol. The van der Waals surface area contributed by atoms with Gasteiger partial charge in [-0.05, 0) is 5.92 Å². The molecular weight excluding hydrogens is 303 g/mol. The highest BCUT2D eigenvalue weighted by Crippen LogP contribution is 2.34. The molecule has 0 saturated carbocycles. The van der Waals surface area contributed by atoms with E-state index in [9.17, 15) is 15.2 Å². The first-order chi connectivity index (χ1) is 9.40. The van der Waals surface area contributed by atoms with Crippen LogP contribution in [0.15, 0.2) is 12.1 Å². The Morgan fingerprint density at radius 3 is 2.20 bits per heavy atom. The molecule has 0 fully saturated rings. The first-order valence-electron chi connectivity index (χ1n) is 6.46. The van der Waals surface area contributed by atoms with Crippen molar-refractivity contribution >= 4 is 34.6 Å². The minimum absolute atomic E-state index is 0.161. The standard InChI is InChI=1S/C13H18Cl2N2O3/c1-3-8(4-2)12(18)7-16-13-10(14)5-9(17(19)20)6-11(13)15/h5-6,8,12,16,18H,3-4,7H2,1-2H3. The Kier molecular flexibility index (Phi) is 6.52. The van der Waals surface area contributed by atoms with Crippen LogP contribution in [0.4, 0.5) is 11.4 Å². The van der Waals surface area contributed by atoms with Crippen molar-refractivity contribution in [2.24, 2.45) is 5.92 Å². The highest BCUT2D eigenvalue weighted by atomic mass is 35.5. The third kappa shape index (κ3) is 4.23. The molecule has 0 spiro atoms. The number of anilines is 1. The molecule has 0 aliphatic rings. The summed E-state index contributed by atoms with van der Waals surface area (Å²) in [6.07, 6.45) is 1.23. The largest absolute Gasteiger partial charge is 0.391 e. The van der Waals surface area contributed by atoms with Crippen LogP contribution in [-0.2, 0) is 0 Å². The molecule has 5 nitrogen and oxygen atoms in total. The lowest BCUT2D eigenvalue weighted by atomic mass is 9.96. The van der Waals surface area contributed by atoms with Gasteiger partial charge in [-0.2, -0.15) is 0 Å². The van der Waals surface area contributed by atoms with Crippen molar-refractivity contribution in [1.29, 1.82) is 0 Å². The minimum atomic E-state index is -0.555. The van der Waals surface area contributed by atoms with Crippen LogP contribution < -0.4 is 5.32 Å². The summed E-state index contributed by atoms with van der Waals surface area (Å²) < 4.78 is 0. The molecule has 1 rings (SSSR count). The van der Waals surface area contributed by atoms with Crippen LogP contribution in [0.1, 0.15) is 26.7 Å². The Morgan fingerprint density at radius 1 is 1.30 bits per heavy atom. The number of nitro benzene ring substituents is 1. The van der Waals surface area contributed by atoms with Crippen molar-refractivity contribution in [2.45, 2.75) is 32.8 Å². The molecule has 112 valence electrons. The van der Waals surface area contributed by atoms with E-state index in [0.717, 1.165) is 12.8 Å². The van der Waals surface area contributed by atoms with E-state index in [-0.39, 0.29) is 21.7 Å². The molecule has 1 atom stereocenters. The van der Waals surface area contributed by atoms with Gasteiger partial charge >= 0.3 is 0 Å². The first kappa shape index (κ1) is 17.0. The second-order valence-corrected chi connectivity index (χ2v) is 5.38. The van der Waals surface area contributed by atoms with E-state index in [2.05, 4.69) is 5.32 Å². The molecular formula is C13H18Cl2N2O3. The summed E-state index contributed by atoms with van der Waals surface area (Å²) in [5.41, 5.74) is 0.245. The number of nitro groups is 1. The van der Waals surface area contributed by atoms with Gasteiger partial charge in [-0.1, -0.05) is 49.9 Å². The normalized spacial score (nSPS) is 12.5. The van der Waals surface area contributed by atoms with Crippen LogP contribution in [0.2, 0.25) is 10.0 Å². The minimum Gasteiger partial charge on any atom is -0.391 e. The number of rotatable bonds is 7. The van der Waals surface area contributed by atoms with Crippen molar-refractivity contribution in [1.82, 2.24) is 0 Å². The zero-order valence-electron chi connectivity index (χ0n) is 11.4. The molecule has 7 heteroatoms. The first-order valence-corrected chi connectivity index (χ1v) is 7.21. The van der Waals surface area contributed by atoms with Crippen molar-refractivity contribution in [3.63, 3.8) is 0 Å². The lowest BCUT2D eigenvalue weighted by Gasteiger charge is -2.21. The summed E-state index contributed by atoms with van der Waals surface area (Å²) in [6, 6.07) is 2.47. The molecule has 0 aliphatic heterocycles. The Morgan fingerprint density at radius 2 is 1.80 bits per heavy atom. The van der Waals surface area contributed by atoms with Gasteiger partial charge in [0.2, 0.25) is 0 Å². The summed E-state index contributed by atoms with van der Waals surface area (Å²) in [4.78, 5) is 10.1. The molecule has 0 heterocycles. The fourth-order valence-electron chi connectivity index (χ4n) is 2.04. The van der Waals surface area contributed by atoms with Gasteiger partial charge in [-0.25, -0.2) is 0 Å². The van der Waals surface area contributed by atoms with Crippen molar-refractivity contribution in [3.8, 4) is 0 Å². The van der Waals surface area contributed by atoms with Gasteiger partial charge in [0.05, 0.1) is 26.8 Å². The Labute approximate surface area is 128 Å². The van der Waals surface area contributed by atoms with Crippen molar-refractivity contribution < 1.29 is 10.0 Å². The maximum atomic E-state index is 10.7. The molecule has 2 N–H and O–H groups in total. The van der Waals surface area contributed by atoms with E-state index in [0.29, 0.717) is 12.2 Å². The Hall–Kier alpha value is -1.04. The van der Waals surface area contributed by atoms with Crippen molar-refractivity contribution in [3.05, 3.63) is 32.3 Å². The lowest BCUT2D eigenvalue weighted by molar-refractivity contribution is -0.384. The van der Waals surface area contributed by atoms with E-state index >= 15 is 0 Å². The van der Waals surface area contributed by atoms with E-state index in [1.165, 1.54) is 12.1 Å². The Balaban J connectivity index is 2.81. The molecule has 0 aromatic heterocycles. The van der Waals surface area contributed by atoms with E-state index < -0.39 is 11.0 Å². The second kappa shape index (κ2) is 7.67. The van der Waals surface area contributed by atoms with Crippen LogP contribution in [0.5, 0.6) is 0 Å². The predicted molar refractivity (Wildman–Crippen MR) is 81.7 cm³/mol. The van der Waals surface area contributed by atoms with E-state index in [4.69, 9.17) is 23.2 Å². The number of aliphatic hydroxyl groups is 1. The zero-order valence-corrected chi connectivity index (χ0v) is 12.9. The highest BCUT2D eigenvalue weighted by Gasteiger charge is 2.18. The zero-order chi connectivity index (χ0) is 15.3. The van der Waals surface area contributed by atoms with Gasteiger partial charge in [-0.3, -0.25) is 10.1 Å². The summed E-state index contributed by atoms with van der Waals surface area (Å²) in [5.74, 6) is 0.193. The number of hydrogen-bond acceptors (Lipinski definition) is 4. The molecule has 1 aromatic carbocycles. The summed E-state index contributed by atoms with van der Waals surface area (Å²) >= 11 is 12.0. The van der Waals surface area contributed by atoms with Crippen molar-refractivity contribution in [2.75, 3.05) is 11.9 Å². The lowest BCUT2D eigenvalue weighted by Crippen LogP contribution is -2.27. The van der Waals surface area contributed by atoms with E-state index in [1.54, 1.807) is 0 Å². The highest BCUT2D eigenvalue weighted by molar-refractivity contribution is 6.39. The molecule has 0 saturated heterocycles. The summed E-state index contributed by atoms with van der Waals surface area (Å²) in [6.45, 7) is 4.33. The third-order valence-corrected chi connectivity index (χ3v) is 3.91. The smallest absolute Gasteiger partial charge is 0.272 e. The number of nitrogens with one attached hydrogen (secondary N) is 1. The maximum absolute atomic E-state index is 10.7. The van der Waals surface area contributed by atoms with Gasteiger partial charge in [0.15, 0.2) is 0 Å².